The van der Waals surface area contributed by atoms with Crippen molar-refractivity contribution in [3.05, 3.63) is 64.7 Å². The van der Waals surface area contributed by atoms with Crippen molar-refractivity contribution in [2.45, 2.75) is 18.9 Å². The summed E-state index contributed by atoms with van der Waals surface area (Å²) in [5.41, 5.74) is -0.167. The molecule has 1 atom stereocenters. The lowest BCUT2D eigenvalue weighted by molar-refractivity contribution is -0.131. The Morgan fingerprint density at radius 1 is 1.19 bits per heavy atom. The quantitative estimate of drug-likeness (QED) is 0.610. The van der Waals surface area contributed by atoms with E-state index in [1.54, 1.807) is 36.4 Å². The molecule has 2 aromatic carbocycles. The number of carbonyl (C=O) groups excluding carboxylic acids is 3. The number of Topliss-reactive ketones (excluding diaryl/α,β-unsaturated/α-hetero) is 1. The summed E-state index contributed by atoms with van der Waals surface area (Å²) < 4.78 is 5.07. The van der Waals surface area contributed by atoms with E-state index in [0.29, 0.717) is 23.3 Å². The van der Waals surface area contributed by atoms with Gasteiger partial charge in [0.15, 0.2) is 5.78 Å². The van der Waals surface area contributed by atoms with E-state index in [4.69, 9.17) is 16.3 Å². The Hall–Kier alpha value is -2.86. The van der Waals surface area contributed by atoms with Crippen molar-refractivity contribution in [3.63, 3.8) is 0 Å². The van der Waals surface area contributed by atoms with Gasteiger partial charge in [0.1, 0.15) is 11.3 Å². The number of carbonyl (C=O) groups is 3. The number of ketones is 1. The van der Waals surface area contributed by atoms with Gasteiger partial charge >= 0.3 is 6.03 Å². The molecule has 1 aliphatic rings. The van der Waals surface area contributed by atoms with Crippen LogP contribution in [0.4, 0.5) is 4.79 Å². The highest BCUT2D eigenvalue weighted by Gasteiger charge is 2.51. The maximum atomic E-state index is 13.0. The maximum Gasteiger partial charge on any atom is 0.325 e. The van der Waals surface area contributed by atoms with Crippen LogP contribution in [0.1, 0.15) is 29.3 Å². The second-order valence-corrected chi connectivity index (χ2v) is 6.63. The molecule has 1 heterocycles. The summed E-state index contributed by atoms with van der Waals surface area (Å²) in [5, 5.41) is 3.04. The molecule has 7 heteroatoms. The number of hydrogen-bond acceptors (Lipinski definition) is 4. The summed E-state index contributed by atoms with van der Waals surface area (Å²) in [6.45, 7) is 1.46. The van der Waals surface area contributed by atoms with Gasteiger partial charge in [0.25, 0.3) is 5.91 Å². The standard InChI is InChI=1S/C20H19ClN2O4/c1-3-20(14-7-5-4-6-8-14)18(25)23(19(26)22-20)12-16(24)13-9-10-17(27-2)15(21)11-13/h4-11H,3,12H2,1-2H3,(H,22,26)/t20-/m1/s1. The number of nitrogens with one attached hydrogen (secondary N) is 1. The van der Waals surface area contributed by atoms with Crippen molar-refractivity contribution in [2.24, 2.45) is 0 Å². The van der Waals surface area contributed by atoms with Gasteiger partial charge in [-0.05, 0) is 30.2 Å². The molecule has 3 rings (SSSR count). The minimum absolute atomic E-state index is 0.285. The monoisotopic (exact) mass is 386 g/mol. The molecule has 0 bridgehead atoms. The largest absolute Gasteiger partial charge is 0.495 e. The average molecular weight is 387 g/mol. The Morgan fingerprint density at radius 3 is 2.48 bits per heavy atom. The maximum absolute atomic E-state index is 13.0. The fraction of sp³-hybridized carbons (Fsp3) is 0.250. The summed E-state index contributed by atoms with van der Waals surface area (Å²) >= 11 is 6.06. The first-order valence-electron chi connectivity index (χ1n) is 8.49. The van der Waals surface area contributed by atoms with E-state index in [2.05, 4.69) is 5.32 Å². The van der Waals surface area contributed by atoms with Crippen LogP contribution < -0.4 is 10.1 Å². The lowest BCUT2D eigenvalue weighted by Crippen LogP contribution is -2.43. The molecule has 3 amide bonds. The van der Waals surface area contributed by atoms with Crippen LogP contribution in [0.3, 0.4) is 0 Å². The lowest BCUT2D eigenvalue weighted by atomic mass is 9.87. The zero-order valence-corrected chi connectivity index (χ0v) is 15.7. The number of methoxy groups -OCH3 is 1. The predicted octanol–water partition coefficient (Wildman–Crippen LogP) is 3.39. The zero-order valence-electron chi connectivity index (χ0n) is 15.0. The van der Waals surface area contributed by atoms with E-state index in [9.17, 15) is 14.4 Å². The Labute approximate surface area is 162 Å². The summed E-state index contributed by atoms with van der Waals surface area (Å²) in [7, 11) is 1.48. The molecular formula is C20H19ClN2O4. The Morgan fingerprint density at radius 2 is 1.89 bits per heavy atom. The average Bonchev–Trinajstić information content (AvgIpc) is 2.93. The topological polar surface area (TPSA) is 75.7 Å². The van der Waals surface area contributed by atoms with E-state index in [1.807, 2.05) is 13.0 Å². The number of benzene rings is 2. The third-order valence-electron chi connectivity index (χ3n) is 4.75. The summed E-state index contributed by atoms with van der Waals surface area (Å²) in [6, 6.07) is 13.0. The molecule has 0 radical (unpaired) electrons. The summed E-state index contributed by atoms with van der Waals surface area (Å²) in [6.07, 6.45) is 0.376. The van der Waals surface area contributed by atoms with Gasteiger partial charge in [-0.1, -0.05) is 48.9 Å². The predicted molar refractivity (Wildman–Crippen MR) is 101 cm³/mol. The third kappa shape index (κ3) is 3.28. The van der Waals surface area contributed by atoms with Crippen LogP contribution in [0.2, 0.25) is 5.02 Å². The highest BCUT2D eigenvalue weighted by molar-refractivity contribution is 6.32. The molecule has 0 saturated carbocycles. The van der Waals surface area contributed by atoms with Crippen molar-refractivity contribution >= 4 is 29.3 Å². The zero-order chi connectivity index (χ0) is 19.6. The highest BCUT2D eigenvalue weighted by Crippen LogP contribution is 2.32. The van der Waals surface area contributed by atoms with Crippen molar-refractivity contribution in [1.29, 1.82) is 0 Å². The van der Waals surface area contributed by atoms with Crippen LogP contribution in [0.15, 0.2) is 48.5 Å². The number of ether oxygens (including phenoxy) is 1. The molecule has 0 aromatic heterocycles. The second kappa shape index (κ2) is 7.40. The molecule has 27 heavy (non-hydrogen) atoms. The van der Waals surface area contributed by atoms with E-state index in [1.165, 1.54) is 13.2 Å². The SMILES string of the molecule is CC[C@]1(c2ccccc2)NC(=O)N(CC(=O)c2ccc(OC)c(Cl)c2)C1=O. The molecular weight excluding hydrogens is 368 g/mol. The first kappa shape index (κ1) is 18.9. The number of amides is 3. The normalized spacial score (nSPS) is 19.1. The van der Waals surface area contributed by atoms with E-state index in [-0.39, 0.29) is 17.4 Å². The van der Waals surface area contributed by atoms with E-state index in [0.717, 1.165) is 4.90 Å². The second-order valence-electron chi connectivity index (χ2n) is 6.22. The Kier molecular flexibility index (Phi) is 5.19. The number of halogens is 1. The van der Waals surface area contributed by atoms with Crippen molar-refractivity contribution in [3.8, 4) is 5.75 Å². The molecule has 6 nitrogen and oxygen atoms in total. The van der Waals surface area contributed by atoms with Gasteiger partial charge in [-0.25, -0.2) is 4.79 Å². The van der Waals surface area contributed by atoms with Crippen LogP contribution in [-0.4, -0.2) is 36.3 Å². The van der Waals surface area contributed by atoms with E-state index >= 15 is 0 Å². The molecule has 140 valence electrons. The summed E-state index contributed by atoms with van der Waals surface area (Å²) in [4.78, 5) is 39.1. The van der Waals surface area contributed by atoms with Crippen molar-refractivity contribution in [2.75, 3.05) is 13.7 Å². The fourth-order valence-corrected chi connectivity index (χ4v) is 3.46. The molecule has 1 N–H and O–H groups in total. The van der Waals surface area contributed by atoms with E-state index < -0.39 is 17.5 Å². The molecule has 1 fully saturated rings. The highest BCUT2D eigenvalue weighted by atomic mass is 35.5. The van der Waals surface area contributed by atoms with Crippen molar-refractivity contribution in [1.82, 2.24) is 10.2 Å². The smallest absolute Gasteiger partial charge is 0.325 e. The van der Waals surface area contributed by atoms with Crippen LogP contribution >= 0.6 is 11.6 Å². The molecule has 0 spiro atoms. The molecule has 1 aliphatic heterocycles. The first-order chi connectivity index (χ1) is 12.9. The lowest BCUT2D eigenvalue weighted by Gasteiger charge is -2.25. The molecule has 1 saturated heterocycles. The van der Waals surface area contributed by atoms with Gasteiger partial charge in [-0.2, -0.15) is 0 Å². The third-order valence-corrected chi connectivity index (χ3v) is 5.04. The van der Waals surface area contributed by atoms with Crippen LogP contribution in [0.25, 0.3) is 0 Å². The number of hydrogen-bond donors (Lipinski definition) is 1. The van der Waals surface area contributed by atoms with Gasteiger partial charge < -0.3 is 10.1 Å². The minimum Gasteiger partial charge on any atom is -0.495 e. The van der Waals surface area contributed by atoms with Crippen LogP contribution in [-0.2, 0) is 10.3 Å². The fourth-order valence-electron chi connectivity index (χ4n) is 3.21. The Bertz CT molecular complexity index is 900. The number of imide groups is 1. The van der Waals surface area contributed by atoms with Gasteiger partial charge in [0.2, 0.25) is 0 Å². The van der Waals surface area contributed by atoms with Gasteiger partial charge in [-0.15, -0.1) is 0 Å². The number of urea groups is 1. The number of rotatable bonds is 6. The molecule has 2 aromatic rings. The number of nitrogens with zero attached hydrogens (tertiary/aromatic N) is 1. The minimum atomic E-state index is -1.16. The van der Waals surface area contributed by atoms with Gasteiger partial charge in [0, 0.05) is 5.56 Å². The Balaban J connectivity index is 1.85. The van der Waals surface area contributed by atoms with Gasteiger partial charge in [-0.3, -0.25) is 14.5 Å². The molecule has 0 aliphatic carbocycles. The summed E-state index contributed by atoms with van der Waals surface area (Å²) in [5.74, 6) is -0.380. The first-order valence-corrected chi connectivity index (χ1v) is 8.87. The molecule has 0 unspecified atom stereocenters. The van der Waals surface area contributed by atoms with Gasteiger partial charge in [0.05, 0.1) is 18.7 Å². The van der Waals surface area contributed by atoms with Crippen LogP contribution in [0, 0.1) is 0 Å². The van der Waals surface area contributed by atoms with Crippen molar-refractivity contribution < 1.29 is 19.1 Å². The van der Waals surface area contributed by atoms with Crippen LogP contribution in [0.5, 0.6) is 5.75 Å².